The Morgan fingerprint density at radius 1 is 1.10 bits per heavy atom. The van der Waals surface area contributed by atoms with E-state index in [4.69, 9.17) is 5.73 Å². The van der Waals surface area contributed by atoms with Crippen molar-refractivity contribution < 1.29 is 13.2 Å². The van der Waals surface area contributed by atoms with Crippen LogP contribution < -0.4 is 11.1 Å². The zero-order valence-electron chi connectivity index (χ0n) is 10.5. The molecule has 1 heterocycles. The summed E-state index contributed by atoms with van der Waals surface area (Å²) in [6.45, 7) is 0.456. The number of hydrogen-bond acceptors (Lipinski definition) is 4. The van der Waals surface area contributed by atoms with E-state index >= 15 is 0 Å². The summed E-state index contributed by atoms with van der Waals surface area (Å²) in [7, 11) is 0. The van der Waals surface area contributed by atoms with Crippen molar-refractivity contribution in [1.82, 2.24) is 9.97 Å². The lowest BCUT2D eigenvalue weighted by Crippen LogP contribution is -2.15. The summed E-state index contributed by atoms with van der Waals surface area (Å²) in [5.74, 6) is -1.38. The number of halogens is 3. The Hall–Kier alpha value is -2.31. The SMILES string of the molecule is Nc1cc(NCCc2ccccc2)nc(C(F)(F)F)n1. The molecule has 0 aliphatic rings. The second-order valence-electron chi connectivity index (χ2n) is 4.16. The van der Waals surface area contributed by atoms with Crippen LogP contribution in [-0.2, 0) is 12.6 Å². The van der Waals surface area contributed by atoms with Crippen LogP contribution in [0.4, 0.5) is 24.8 Å². The largest absolute Gasteiger partial charge is 0.451 e. The van der Waals surface area contributed by atoms with Gasteiger partial charge in [-0.05, 0) is 12.0 Å². The smallest absolute Gasteiger partial charge is 0.384 e. The van der Waals surface area contributed by atoms with Crippen LogP contribution in [-0.4, -0.2) is 16.5 Å². The second-order valence-corrected chi connectivity index (χ2v) is 4.16. The number of hydrogen-bond donors (Lipinski definition) is 2. The minimum Gasteiger partial charge on any atom is -0.384 e. The molecule has 0 spiro atoms. The lowest BCUT2D eigenvalue weighted by atomic mass is 10.1. The molecule has 0 saturated heterocycles. The fraction of sp³-hybridized carbons (Fsp3) is 0.231. The van der Waals surface area contributed by atoms with Crippen molar-refractivity contribution in [3.8, 4) is 0 Å². The zero-order valence-corrected chi connectivity index (χ0v) is 10.5. The summed E-state index contributed by atoms with van der Waals surface area (Å²) in [5, 5.41) is 2.82. The molecular weight excluding hydrogens is 269 g/mol. The van der Waals surface area contributed by atoms with Crippen molar-refractivity contribution in [1.29, 1.82) is 0 Å². The third-order valence-electron chi connectivity index (χ3n) is 2.56. The fourth-order valence-electron chi connectivity index (χ4n) is 1.66. The van der Waals surface area contributed by atoms with E-state index in [1.165, 1.54) is 6.07 Å². The average molecular weight is 282 g/mol. The van der Waals surface area contributed by atoms with Gasteiger partial charge in [0.15, 0.2) is 0 Å². The molecule has 106 valence electrons. The molecule has 0 unspecified atom stereocenters. The van der Waals surface area contributed by atoms with Crippen molar-refractivity contribution in [3.05, 3.63) is 47.8 Å². The number of aromatic nitrogens is 2. The Balaban J connectivity index is 2.01. The minimum atomic E-state index is -4.61. The normalized spacial score (nSPS) is 11.3. The highest BCUT2D eigenvalue weighted by molar-refractivity contribution is 5.45. The molecule has 0 bridgehead atoms. The van der Waals surface area contributed by atoms with Gasteiger partial charge < -0.3 is 11.1 Å². The molecule has 0 aliphatic carbocycles. The molecule has 2 rings (SSSR count). The summed E-state index contributed by atoms with van der Waals surface area (Å²) < 4.78 is 37.6. The molecule has 0 radical (unpaired) electrons. The predicted molar refractivity (Wildman–Crippen MR) is 70.1 cm³/mol. The van der Waals surface area contributed by atoms with Crippen LogP contribution in [0.5, 0.6) is 0 Å². The average Bonchev–Trinajstić information content (AvgIpc) is 2.38. The molecule has 3 N–H and O–H groups in total. The van der Waals surface area contributed by atoms with Gasteiger partial charge in [0, 0.05) is 12.6 Å². The number of anilines is 2. The predicted octanol–water partition coefficient (Wildman–Crippen LogP) is 2.73. The summed E-state index contributed by atoms with van der Waals surface area (Å²) in [5.41, 5.74) is 6.43. The maximum Gasteiger partial charge on any atom is 0.451 e. The molecule has 0 amide bonds. The van der Waals surface area contributed by atoms with E-state index in [1.54, 1.807) is 0 Å². The van der Waals surface area contributed by atoms with Crippen LogP contribution in [0.15, 0.2) is 36.4 Å². The van der Waals surface area contributed by atoms with Crippen LogP contribution in [0.3, 0.4) is 0 Å². The lowest BCUT2D eigenvalue weighted by molar-refractivity contribution is -0.144. The zero-order chi connectivity index (χ0) is 14.6. The number of benzene rings is 1. The van der Waals surface area contributed by atoms with Crippen LogP contribution in [0, 0.1) is 0 Å². The van der Waals surface area contributed by atoms with Crippen LogP contribution >= 0.6 is 0 Å². The Labute approximate surface area is 113 Å². The van der Waals surface area contributed by atoms with E-state index in [0.29, 0.717) is 13.0 Å². The number of nitrogens with zero attached hydrogens (tertiary/aromatic N) is 2. The second kappa shape index (κ2) is 5.77. The first-order chi connectivity index (χ1) is 9.45. The van der Waals surface area contributed by atoms with E-state index in [1.807, 2.05) is 30.3 Å². The van der Waals surface area contributed by atoms with E-state index in [-0.39, 0.29) is 11.6 Å². The monoisotopic (exact) mass is 282 g/mol. The van der Waals surface area contributed by atoms with Gasteiger partial charge in [0.05, 0.1) is 0 Å². The first-order valence-electron chi connectivity index (χ1n) is 5.95. The number of nitrogens with two attached hydrogens (primary N) is 1. The van der Waals surface area contributed by atoms with Crippen molar-refractivity contribution >= 4 is 11.6 Å². The van der Waals surface area contributed by atoms with Gasteiger partial charge in [-0.2, -0.15) is 13.2 Å². The summed E-state index contributed by atoms with van der Waals surface area (Å²) >= 11 is 0. The minimum absolute atomic E-state index is 0.0701. The molecule has 20 heavy (non-hydrogen) atoms. The highest BCUT2D eigenvalue weighted by Crippen LogP contribution is 2.27. The van der Waals surface area contributed by atoms with E-state index < -0.39 is 12.0 Å². The van der Waals surface area contributed by atoms with Gasteiger partial charge >= 0.3 is 6.18 Å². The molecule has 2 aromatic rings. The third-order valence-corrected chi connectivity index (χ3v) is 2.56. The first kappa shape index (κ1) is 14.1. The van der Waals surface area contributed by atoms with Crippen molar-refractivity contribution in [2.45, 2.75) is 12.6 Å². The maximum atomic E-state index is 12.5. The summed E-state index contributed by atoms with van der Waals surface area (Å²) in [6.07, 6.45) is -3.93. The van der Waals surface area contributed by atoms with Gasteiger partial charge in [-0.15, -0.1) is 0 Å². The molecule has 0 aliphatic heterocycles. The topological polar surface area (TPSA) is 63.8 Å². The van der Waals surface area contributed by atoms with Gasteiger partial charge in [-0.3, -0.25) is 0 Å². The maximum absolute atomic E-state index is 12.5. The molecule has 1 aromatic heterocycles. The highest BCUT2D eigenvalue weighted by Gasteiger charge is 2.35. The molecule has 4 nitrogen and oxygen atoms in total. The van der Waals surface area contributed by atoms with Gasteiger partial charge in [0.2, 0.25) is 5.82 Å². The van der Waals surface area contributed by atoms with Crippen LogP contribution in [0.25, 0.3) is 0 Å². The molecule has 0 saturated carbocycles. The lowest BCUT2D eigenvalue weighted by Gasteiger charge is -2.10. The molecule has 7 heteroatoms. The quantitative estimate of drug-likeness (QED) is 0.905. The molecule has 0 atom stereocenters. The standard InChI is InChI=1S/C13H13F3N4/c14-13(15,16)12-19-10(17)8-11(20-12)18-7-6-9-4-2-1-3-5-9/h1-5,8H,6-7H2,(H3,17,18,19,20). The highest BCUT2D eigenvalue weighted by atomic mass is 19.4. The number of nitrogen functional groups attached to an aromatic ring is 1. The van der Waals surface area contributed by atoms with E-state index in [9.17, 15) is 13.2 Å². The van der Waals surface area contributed by atoms with Crippen molar-refractivity contribution in [2.24, 2.45) is 0 Å². The Kier molecular flexibility index (Phi) is 4.07. The molecule has 1 aromatic carbocycles. The van der Waals surface area contributed by atoms with Gasteiger partial charge in [0.1, 0.15) is 11.6 Å². The molecule has 0 fully saturated rings. The Morgan fingerprint density at radius 2 is 1.80 bits per heavy atom. The Bertz CT molecular complexity index is 570. The van der Waals surface area contributed by atoms with Crippen molar-refractivity contribution in [3.63, 3.8) is 0 Å². The molecular formula is C13H13F3N4. The van der Waals surface area contributed by atoms with Gasteiger partial charge in [0.25, 0.3) is 0 Å². The van der Waals surface area contributed by atoms with E-state index in [2.05, 4.69) is 15.3 Å². The summed E-state index contributed by atoms with van der Waals surface area (Å²) in [6, 6.07) is 10.9. The third kappa shape index (κ3) is 3.84. The van der Waals surface area contributed by atoms with Gasteiger partial charge in [-0.25, -0.2) is 9.97 Å². The van der Waals surface area contributed by atoms with Gasteiger partial charge in [-0.1, -0.05) is 30.3 Å². The first-order valence-corrected chi connectivity index (χ1v) is 5.95. The number of alkyl halides is 3. The fourth-order valence-corrected chi connectivity index (χ4v) is 1.66. The van der Waals surface area contributed by atoms with E-state index in [0.717, 1.165) is 5.56 Å². The summed E-state index contributed by atoms with van der Waals surface area (Å²) in [4.78, 5) is 6.58. The number of rotatable bonds is 4. The van der Waals surface area contributed by atoms with Crippen molar-refractivity contribution in [2.75, 3.05) is 17.6 Å². The Morgan fingerprint density at radius 3 is 2.45 bits per heavy atom. The van der Waals surface area contributed by atoms with Crippen LogP contribution in [0.1, 0.15) is 11.4 Å². The number of nitrogens with one attached hydrogen (secondary N) is 1. The van der Waals surface area contributed by atoms with Crippen LogP contribution in [0.2, 0.25) is 0 Å².